The summed E-state index contributed by atoms with van der Waals surface area (Å²) < 4.78 is 5.29. The number of ether oxygens (including phenoxy) is 1. The van der Waals surface area contributed by atoms with Gasteiger partial charge in [-0.25, -0.2) is 4.79 Å². The van der Waals surface area contributed by atoms with Crippen LogP contribution in [-0.4, -0.2) is 73.7 Å². The van der Waals surface area contributed by atoms with Gasteiger partial charge in [0.05, 0.1) is 18.4 Å². The van der Waals surface area contributed by atoms with E-state index >= 15 is 0 Å². The molecular weight excluding hydrogens is 757 g/mol. The van der Waals surface area contributed by atoms with E-state index in [0.29, 0.717) is 16.5 Å². The number of aliphatic imine (C=N–C) groups is 2. The number of hydrogen-bond acceptors (Lipinski definition) is 8. The summed E-state index contributed by atoms with van der Waals surface area (Å²) in [6.45, 7) is 0.330. The molecule has 3 aromatic carbocycles. The molecule has 3 rings (SSSR count). The Labute approximate surface area is 309 Å². The van der Waals surface area contributed by atoms with Gasteiger partial charge in [0.1, 0.15) is 12.1 Å². The second-order valence-electron chi connectivity index (χ2n) is 10.5. The van der Waals surface area contributed by atoms with Crippen molar-refractivity contribution < 1.29 is 28.7 Å². The van der Waals surface area contributed by atoms with E-state index in [1.165, 1.54) is 19.2 Å². The smallest absolute Gasteiger partial charge is 0.328 e. The Bertz CT molecular complexity index is 1730. The fourth-order valence-electron chi connectivity index (χ4n) is 4.62. The number of hydrogen-bond donors (Lipinski definition) is 7. The lowest BCUT2D eigenvalue weighted by molar-refractivity contribution is -0.145. The number of nitrogens with one attached hydrogen (secondary N) is 3. The molecule has 0 bridgehead atoms. The van der Waals surface area contributed by atoms with Gasteiger partial charge in [-0.1, -0.05) is 46.3 Å². The Hall–Kier alpha value is -4.93. The van der Waals surface area contributed by atoms with Gasteiger partial charge in [0, 0.05) is 23.1 Å². The highest BCUT2D eigenvalue weighted by Crippen LogP contribution is 2.24. The standard InChI is InChI=1S/C32H38BrN9O6.2ClH/c1-48-30(47)25(9-5-15-39-32(36)37)42-28(45)24(8-4-14-38-31(34)35)41-29(46)26(43)22-17-21(33)12-13-23(22)40-27(44)20-11-10-18-6-2-3-7-19(18)16-20;;/h2-3,6-7,10-13,16-17,24-25H,4-5,8-9,14-15H2,1H3,(H,40,44)(H,41,46)(H,42,45)(H4,34,35,38)(H4,36,37,39);2*1H/t24-,25-;;/m0../s1. The molecule has 3 aromatic rings. The maximum atomic E-state index is 13.5. The molecule has 0 spiro atoms. The quantitative estimate of drug-likeness (QED) is 0.0277. The van der Waals surface area contributed by atoms with Gasteiger partial charge in [0.2, 0.25) is 5.91 Å². The van der Waals surface area contributed by atoms with Gasteiger partial charge in [0.25, 0.3) is 17.6 Å². The van der Waals surface area contributed by atoms with Gasteiger partial charge >= 0.3 is 5.97 Å². The van der Waals surface area contributed by atoms with Crippen LogP contribution in [0.5, 0.6) is 0 Å². The number of ketones is 1. The van der Waals surface area contributed by atoms with Crippen molar-refractivity contribution >= 4 is 98.6 Å². The number of carbonyl (C=O) groups is 5. The Morgan fingerprint density at radius 1 is 0.780 bits per heavy atom. The van der Waals surface area contributed by atoms with Gasteiger partial charge in [-0.3, -0.25) is 29.2 Å². The minimum Gasteiger partial charge on any atom is -0.467 e. The molecule has 15 nitrogen and oxygen atoms in total. The van der Waals surface area contributed by atoms with E-state index in [-0.39, 0.29) is 80.3 Å². The molecule has 0 aromatic heterocycles. The summed E-state index contributed by atoms with van der Waals surface area (Å²) in [5, 5.41) is 9.53. The first kappa shape index (κ1) is 43.1. The second kappa shape index (κ2) is 21.2. The molecule has 0 saturated carbocycles. The van der Waals surface area contributed by atoms with Gasteiger partial charge in [-0.2, -0.15) is 0 Å². The van der Waals surface area contributed by atoms with Crippen LogP contribution in [0, 0.1) is 0 Å². The summed E-state index contributed by atoms with van der Waals surface area (Å²) in [5.41, 5.74) is 21.8. The molecule has 0 radical (unpaired) electrons. The molecule has 0 fully saturated rings. The Morgan fingerprint density at radius 3 is 1.98 bits per heavy atom. The third-order valence-electron chi connectivity index (χ3n) is 7.01. The first-order valence-corrected chi connectivity index (χ1v) is 15.6. The van der Waals surface area contributed by atoms with Crippen molar-refractivity contribution in [2.75, 3.05) is 25.5 Å². The molecule has 0 unspecified atom stereocenters. The predicted octanol–water partition coefficient (Wildman–Crippen LogP) is 2.13. The lowest BCUT2D eigenvalue weighted by Crippen LogP contribution is -2.53. The Kier molecular flexibility index (Phi) is 18.3. The molecule has 3 amide bonds. The zero-order valence-electron chi connectivity index (χ0n) is 27.0. The largest absolute Gasteiger partial charge is 0.467 e. The SMILES string of the molecule is COC(=O)[C@H](CCCN=C(N)N)NC(=O)[C@H](CCCN=C(N)N)NC(=O)C(=O)c1cc(Br)ccc1NC(=O)c1ccc2ccccc2c1.Cl.Cl. The highest BCUT2D eigenvalue weighted by molar-refractivity contribution is 9.10. The highest BCUT2D eigenvalue weighted by Gasteiger charge is 2.30. The maximum absolute atomic E-state index is 13.5. The van der Waals surface area contributed by atoms with Crippen LogP contribution in [0.1, 0.15) is 46.4 Å². The Balaban J connectivity index is 0.00000625. The zero-order chi connectivity index (χ0) is 35.2. The number of methoxy groups -OCH3 is 1. The molecular formula is C32H40BrCl2N9O6. The number of guanidine groups is 2. The molecule has 50 heavy (non-hydrogen) atoms. The maximum Gasteiger partial charge on any atom is 0.328 e. The number of fused-ring (bicyclic) bond motifs is 1. The fraction of sp³-hybridized carbons (Fsp3) is 0.281. The van der Waals surface area contributed by atoms with Gasteiger partial charge in [-0.05, 0) is 66.8 Å². The van der Waals surface area contributed by atoms with E-state index in [4.69, 9.17) is 27.7 Å². The van der Waals surface area contributed by atoms with Crippen molar-refractivity contribution in [3.05, 3.63) is 76.3 Å². The predicted molar refractivity (Wildman–Crippen MR) is 201 cm³/mol. The van der Waals surface area contributed by atoms with Crippen LogP contribution < -0.4 is 38.9 Å². The topological polar surface area (TPSA) is 259 Å². The monoisotopic (exact) mass is 795 g/mol. The lowest BCUT2D eigenvalue weighted by atomic mass is 10.0. The van der Waals surface area contributed by atoms with Gasteiger partial charge in [-0.15, -0.1) is 24.8 Å². The molecule has 270 valence electrons. The summed E-state index contributed by atoms with van der Waals surface area (Å²) in [6.07, 6.45) is 0.699. The molecule has 0 saturated heterocycles. The van der Waals surface area contributed by atoms with Crippen LogP contribution >= 0.6 is 40.7 Å². The number of rotatable bonds is 16. The number of amides is 3. The van der Waals surface area contributed by atoms with Crippen LogP contribution in [0.25, 0.3) is 10.8 Å². The zero-order valence-corrected chi connectivity index (χ0v) is 30.2. The molecule has 11 N–H and O–H groups in total. The molecule has 0 aliphatic carbocycles. The van der Waals surface area contributed by atoms with Crippen molar-refractivity contribution in [1.82, 2.24) is 10.6 Å². The number of nitrogens with zero attached hydrogens (tertiary/aromatic N) is 2. The van der Waals surface area contributed by atoms with Crippen molar-refractivity contribution in [2.45, 2.75) is 37.8 Å². The van der Waals surface area contributed by atoms with Crippen LogP contribution in [0.2, 0.25) is 0 Å². The molecule has 0 heterocycles. The molecule has 0 aliphatic rings. The van der Waals surface area contributed by atoms with Crippen LogP contribution in [-0.2, 0) is 19.1 Å². The number of carbonyl (C=O) groups excluding carboxylic acids is 5. The number of esters is 1. The summed E-state index contributed by atoms with van der Waals surface area (Å²) in [7, 11) is 1.17. The number of Topliss-reactive ketones (excluding diaryl/α,β-unsaturated/α-hetero) is 1. The normalized spacial score (nSPS) is 11.3. The van der Waals surface area contributed by atoms with E-state index in [1.54, 1.807) is 24.3 Å². The van der Waals surface area contributed by atoms with E-state index in [1.807, 2.05) is 24.3 Å². The van der Waals surface area contributed by atoms with Crippen LogP contribution in [0.4, 0.5) is 5.69 Å². The average Bonchev–Trinajstić information content (AvgIpc) is 3.06. The summed E-state index contributed by atoms with van der Waals surface area (Å²) in [6, 6.07) is 14.8. The van der Waals surface area contributed by atoms with Crippen molar-refractivity contribution in [3.8, 4) is 0 Å². The fourth-order valence-corrected chi connectivity index (χ4v) is 4.99. The lowest BCUT2D eigenvalue weighted by Gasteiger charge is -2.22. The van der Waals surface area contributed by atoms with E-state index in [9.17, 15) is 24.0 Å². The number of halogens is 3. The van der Waals surface area contributed by atoms with E-state index < -0.39 is 41.6 Å². The molecule has 18 heteroatoms. The van der Waals surface area contributed by atoms with Crippen LogP contribution in [0.15, 0.2) is 75.1 Å². The number of nitrogens with two attached hydrogens (primary N) is 4. The molecule has 2 atom stereocenters. The van der Waals surface area contributed by atoms with Crippen molar-refractivity contribution in [2.24, 2.45) is 32.9 Å². The Morgan fingerprint density at radius 2 is 1.38 bits per heavy atom. The van der Waals surface area contributed by atoms with Crippen molar-refractivity contribution in [3.63, 3.8) is 0 Å². The van der Waals surface area contributed by atoms with Gasteiger partial charge < -0.3 is 43.6 Å². The average molecular weight is 798 g/mol. The van der Waals surface area contributed by atoms with E-state index in [0.717, 1.165) is 10.8 Å². The summed E-state index contributed by atoms with van der Waals surface area (Å²) >= 11 is 3.30. The third-order valence-corrected chi connectivity index (χ3v) is 7.50. The first-order chi connectivity index (χ1) is 22.9. The summed E-state index contributed by atoms with van der Waals surface area (Å²) in [4.78, 5) is 73.6. The van der Waals surface area contributed by atoms with Gasteiger partial charge in [0.15, 0.2) is 11.9 Å². The van der Waals surface area contributed by atoms with E-state index in [2.05, 4.69) is 41.9 Å². The second-order valence-corrected chi connectivity index (χ2v) is 11.5. The van der Waals surface area contributed by atoms with Crippen molar-refractivity contribution in [1.29, 1.82) is 0 Å². The highest BCUT2D eigenvalue weighted by atomic mass is 79.9. The molecule has 0 aliphatic heterocycles. The number of benzene rings is 3. The van der Waals surface area contributed by atoms with Crippen LogP contribution in [0.3, 0.4) is 0 Å². The minimum absolute atomic E-state index is 0. The first-order valence-electron chi connectivity index (χ1n) is 14.8. The third kappa shape index (κ3) is 13.2. The number of anilines is 1. The summed E-state index contributed by atoms with van der Waals surface area (Å²) in [5.74, 6) is -4.40. The minimum atomic E-state index is -1.27.